The fourth-order valence-electron chi connectivity index (χ4n) is 2.30. The number of benzene rings is 1. The lowest BCUT2D eigenvalue weighted by atomic mass is 10.1. The Morgan fingerprint density at radius 1 is 1.40 bits per heavy atom. The Kier molecular flexibility index (Phi) is 5.15. The molecule has 0 spiro atoms. The molecule has 0 saturated carbocycles. The lowest BCUT2D eigenvalue weighted by Gasteiger charge is -2.20. The number of likely N-dealkylation sites (N-methyl/N-ethyl adjacent to an activating group) is 1. The Morgan fingerprint density at radius 2 is 2.20 bits per heavy atom. The molecule has 0 bridgehead atoms. The highest BCUT2D eigenvalue weighted by Gasteiger charge is 2.12. The second-order valence-corrected chi connectivity index (χ2v) is 4.61. The van der Waals surface area contributed by atoms with Gasteiger partial charge < -0.3 is 14.7 Å². The van der Waals surface area contributed by atoms with Crippen LogP contribution in [0.1, 0.15) is 12.5 Å². The third kappa shape index (κ3) is 3.37. The lowest BCUT2D eigenvalue weighted by Crippen LogP contribution is -2.38. The molecule has 1 heterocycles. The zero-order valence-electron chi connectivity index (χ0n) is 12.0. The molecule has 2 N–H and O–H groups in total. The van der Waals surface area contributed by atoms with Crippen LogP contribution in [0.25, 0.3) is 10.9 Å². The third-order valence-electron chi connectivity index (χ3n) is 3.43. The van der Waals surface area contributed by atoms with Gasteiger partial charge in [0.05, 0.1) is 7.11 Å². The van der Waals surface area contributed by atoms with Crippen molar-refractivity contribution >= 4 is 16.8 Å². The first-order valence-electron chi connectivity index (χ1n) is 6.85. The maximum Gasteiger partial charge on any atom is 0.238 e. The third-order valence-corrected chi connectivity index (χ3v) is 3.43. The molecule has 20 heavy (non-hydrogen) atoms. The van der Waals surface area contributed by atoms with E-state index in [0.717, 1.165) is 11.9 Å². The number of aromatic nitrogens is 1. The second kappa shape index (κ2) is 7.07. The van der Waals surface area contributed by atoms with Crippen LogP contribution in [0.3, 0.4) is 0 Å². The van der Waals surface area contributed by atoms with Gasteiger partial charge in [-0.05, 0) is 25.0 Å². The van der Waals surface area contributed by atoms with E-state index in [9.17, 15) is 4.79 Å². The highest BCUT2D eigenvalue weighted by Crippen LogP contribution is 2.18. The number of aromatic amines is 1. The highest BCUT2D eigenvalue weighted by molar-refractivity contribution is 5.83. The number of para-hydroxylation sites is 1. The van der Waals surface area contributed by atoms with Crippen LogP contribution in [-0.4, -0.2) is 42.5 Å². The van der Waals surface area contributed by atoms with E-state index >= 15 is 0 Å². The van der Waals surface area contributed by atoms with Crippen molar-refractivity contribution in [3.05, 3.63) is 36.0 Å². The minimum atomic E-state index is 0.0502. The molecule has 2 rings (SSSR count). The van der Waals surface area contributed by atoms with Crippen LogP contribution in [0.4, 0.5) is 0 Å². The summed E-state index contributed by atoms with van der Waals surface area (Å²) in [4.78, 5) is 21.7. The number of hydrogen-bond donors (Lipinski definition) is 2. The first-order valence-corrected chi connectivity index (χ1v) is 6.85. The van der Waals surface area contributed by atoms with Gasteiger partial charge in [0.1, 0.15) is 6.54 Å². The molecule has 1 amide bonds. The van der Waals surface area contributed by atoms with Gasteiger partial charge in [0, 0.05) is 30.2 Å². The molecule has 5 heteroatoms. The van der Waals surface area contributed by atoms with Gasteiger partial charge in [-0.1, -0.05) is 18.2 Å². The summed E-state index contributed by atoms with van der Waals surface area (Å²) in [5, 5.41) is 1.23. The Labute approximate surface area is 118 Å². The first-order chi connectivity index (χ1) is 9.76. The van der Waals surface area contributed by atoms with Gasteiger partial charge in [0.25, 0.3) is 0 Å². The number of rotatable bonds is 7. The van der Waals surface area contributed by atoms with Crippen molar-refractivity contribution in [2.75, 3.05) is 26.7 Å². The number of H-pyrrole nitrogens is 1. The number of carbonyl (C=O) groups is 1. The highest BCUT2D eigenvalue weighted by atomic mass is 16.6. The second-order valence-electron chi connectivity index (χ2n) is 4.61. The monoisotopic (exact) mass is 275 g/mol. The van der Waals surface area contributed by atoms with Crippen molar-refractivity contribution in [1.82, 2.24) is 15.4 Å². The van der Waals surface area contributed by atoms with E-state index < -0.39 is 0 Å². The number of hydroxylamine groups is 1. The quantitative estimate of drug-likeness (QED) is 0.756. The minimum Gasteiger partial charge on any atom is -0.361 e. The summed E-state index contributed by atoms with van der Waals surface area (Å²) < 4.78 is 0. The molecule has 0 radical (unpaired) electrons. The van der Waals surface area contributed by atoms with Crippen molar-refractivity contribution in [3.63, 3.8) is 0 Å². The Hall–Kier alpha value is -1.85. The number of hydrogen-bond acceptors (Lipinski definition) is 3. The Bertz CT molecular complexity index is 565. The summed E-state index contributed by atoms with van der Waals surface area (Å²) in [5.74, 6) is 0.0502. The van der Waals surface area contributed by atoms with Crippen LogP contribution in [0, 0.1) is 0 Å². The Morgan fingerprint density at radius 3 is 2.95 bits per heavy atom. The lowest BCUT2D eigenvalue weighted by molar-refractivity contribution is -0.132. The molecule has 1 aromatic carbocycles. The van der Waals surface area contributed by atoms with Crippen molar-refractivity contribution in [2.45, 2.75) is 13.3 Å². The largest absolute Gasteiger partial charge is 0.361 e. The smallest absolute Gasteiger partial charge is 0.238 e. The Balaban J connectivity index is 1.97. The van der Waals surface area contributed by atoms with Gasteiger partial charge in [-0.25, -0.2) is 0 Å². The number of nitrogens with one attached hydrogen (secondary N) is 2. The zero-order chi connectivity index (χ0) is 14.4. The molecular weight excluding hydrogens is 254 g/mol. The van der Waals surface area contributed by atoms with E-state index in [2.05, 4.69) is 22.6 Å². The van der Waals surface area contributed by atoms with Crippen LogP contribution >= 0.6 is 0 Å². The molecule has 0 aliphatic rings. The molecule has 0 fully saturated rings. The molecule has 2 aromatic rings. The number of nitrogens with zero attached hydrogens (tertiary/aromatic N) is 1. The van der Waals surface area contributed by atoms with Gasteiger partial charge in [-0.15, -0.1) is 0 Å². The average molecular weight is 275 g/mol. The SMILES string of the molecule is CCN(CCc1c[nH]c2ccccc12)C(=O)CNOC. The van der Waals surface area contributed by atoms with E-state index in [1.807, 2.05) is 30.2 Å². The summed E-state index contributed by atoms with van der Waals surface area (Å²) in [5.41, 5.74) is 4.97. The average Bonchev–Trinajstić information content (AvgIpc) is 2.89. The van der Waals surface area contributed by atoms with E-state index in [4.69, 9.17) is 4.84 Å². The summed E-state index contributed by atoms with van der Waals surface area (Å²) in [6, 6.07) is 8.21. The fourth-order valence-corrected chi connectivity index (χ4v) is 2.30. The van der Waals surface area contributed by atoms with Crippen molar-refractivity contribution in [1.29, 1.82) is 0 Å². The molecule has 0 aliphatic carbocycles. The standard InChI is InChI=1S/C15H21N3O2/c1-3-18(15(19)11-17-20-2)9-8-12-10-16-14-7-5-4-6-13(12)14/h4-7,10,16-17H,3,8-9,11H2,1-2H3. The van der Waals surface area contributed by atoms with Gasteiger partial charge in [0.15, 0.2) is 0 Å². The predicted octanol–water partition coefficient (Wildman–Crippen LogP) is 1.71. The molecule has 1 aromatic heterocycles. The normalized spacial score (nSPS) is 10.9. The van der Waals surface area contributed by atoms with E-state index in [1.165, 1.54) is 18.1 Å². The topological polar surface area (TPSA) is 57.4 Å². The van der Waals surface area contributed by atoms with Crippen LogP contribution in [-0.2, 0) is 16.1 Å². The molecule has 5 nitrogen and oxygen atoms in total. The maximum atomic E-state index is 11.9. The summed E-state index contributed by atoms with van der Waals surface area (Å²) in [6.07, 6.45) is 2.87. The summed E-state index contributed by atoms with van der Waals surface area (Å²) >= 11 is 0. The zero-order valence-corrected chi connectivity index (χ0v) is 12.0. The van der Waals surface area contributed by atoms with Crippen molar-refractivity contribution in [3.8, 4) is 0 Å². The minimum absolute atomic E-state index is 0.0502. The molecule has 0 atom stereocenters. The van der Waals surface area contributed by atoms with Crippen molar-refractivity contribution < 1.29 is 9.63 Å². The van der Waals surface area contributed by atoms with E-state index in [-0.39, 0.29) is 12.5 Å². The van der Waals surface area contributed by atoms with Gasteiger partial charge >= 0.3 is 0 Å². The number of fused-ring (bicyclic) bond motifs is 1. The number of carbonyl (C=O) groups excluding carboxylic acids is 1. The van der Waals surface area contributed by atoms with Crippen LogP contribution < -0.4 is 5.48 Å². The molecule has 108 valence electrons. The van der Waals surface area contributed by atoms with Gasteiger partial charge in [-0.2, -0.15) is 5.48 Å². The van der Waals surface area contributed by atoms with Gasteiger partial charge in [0.2, 0.25) is 5.91 Å². The van der Waals surface area contributed by atoms with E-state index in [1.54, 1.807) is 0 Å². The summed E-state index contributed by atoms with van der Waals surface area (Å²) in [6.45, 7) is 3.60. The van der Waals surface area contributed by atoms with Crippen LogP contribution in [0.2, 0.25) is 0 Å². The first kappa shape index (κ1) is 14.6. The maximum absolute atomic E-state index is 11.9. The van der Waals surface area contributed by atoms with Gasteiger partial charge in [-0.3, -0.25) is 4.79 Å². The fraction of sp³-hybridized carbons (Fsp3) is 0.400. The molecule has 0 saturated heterocycles. The predicted molar refractivity (Wildman–Crippen MR) is 79.3 cm³/mol. The van der Waals surface area contributed by atoms with Crippen LogP contribution in [0.15, 0.2) is 30.5 Å². The number of amides is 1. The van der Waals surface area contributed by atoms with Crippen molar-refractivity contribution in [2.24, 2.45) is 0 Å². The van der Waals surface area contributed by atoms with E-state index in [0.29, 0.717) is 13.1 Å². The molecule has 0 unspecified atom stereocenters. The summed E-state index contributed by atoms with van der Waals surface area (Å²) in [7, 11) is 1.51. The van der Waals surface area contributed by atoms with Crippen LogP contribution in [0.5, 0.6) is 0 Å². The molecule has 0 aliphatic heterocycles. The molecular formula is C15H21N3O2.